The average molecular weight is 257 g/mol. The van der Waals surface area contributed by atoms with Gasteiger partial charge in [0, 0.05) is 11.8 Å². The molecular formula is C15H15NO3. The monoisotopic (exact) mass is 257 g/mol. The van der Waals surface area contributed by atoms with E-state index in [0.717, 1.165) is 16.5 Å². The number of pyridine rings is 1. The van der Waals surface area contributed by atoms with Crippen LogP contribution in [0.3, 0.4) is 0 Å². The number of carboxylic acids is 1. The summed E-state index contributed by atoms with van der Waals surface area (Å²) in [7, 11) is 0. The van der Waals surface area contributed by atoms with Gasteiger partial charge in [-0.05, 0) is 19.1 Å². The van der Waals surface area contributed by atoms with Crippen LogP contribution in [0.2, 0.25) is 0 Å². The Kier molecular flexibility index (Phi) is 3.80. The first-order valence-electron chi connectivity index (χ1n) is 5.98. The summed E-state index contributed by atoms with van der Waals surface area (Å²) >= 11 is 0. The van der Waals surface area contributed by atoms with E-state index in [-0.39, 0.29) is 11.4 Å². The van der Waals surface area contributed by atoms with Gasteiger partial charge in [0.05, 0.1) is 12.1 Å². The number of carbonyl (C=O) groups is 1. The summed E-state index contributed by atoms with van der Waals surface area (Å²) in [6, 6.07) is 8.93. The molecule has 0 aliphatic heterocycles. The van der Waals surface area contributed by atoms with E-state index in [1.165, 1.54) is 0 Å². The van der Waals surface area contributed by atoms with Crippen LogP contribution in [0.25, 0.3) is 10.9 Å². The number of hydrogen-bond donors (Lipinski definition) is 1. The minimum atomic E-state index is -1.04. The first kappa shape index (κ1) is 13.1. The molecule has 0 aliphatic carbocycles. The number of fused-ring (bicyclic) bond motifs is 1. The highest BCUT2D eigenvalue weighted by molar-refractivity contribution is 5.95. The van der Waals surface area contributed by atoms with E-state index < -0.39 is 5.97 Å². The molecule has 0 spiro atoms. The fourth-order valence-electron chi connectivity index (χ4n) is 1.68. The number of aromatic carboxylic acids is 1. The smallest absolute Gasteiger partial charge is 0.341 e. The third-order valence-electron chi connectivity index (χ3n) is 2.69. The molecule has 1 heterocycles. The third-order valence-corrected chi connectivity index (χ3v) is 2.69. The zero-order valence-corrected chi connectivity index (χ0v) is 10.7. The molecule has 0 unspecified atom stereocenters. The highest BCUT2D eigenvalue weighted by Gasteiger charge is 2.14. The fraction of sp³-hybridized carbons (Fsp3) is 0.200. The minimum Gasteiger partial charge on any atom is -0.477 e. The van der Waals surface area contributed by atoms with Crippen molar-refractivity contribution in [3.05, 3.63) is 48.0 Å². The predicted octanol–water partition coefficient (Wildman–Crippen LogP) is 3.28. The van der Waals surface area contributed by atoms with Gasteiger partial charge in [0.1, 0.15) is 5.56 Å². The summed E-state index contributed by atoms with van der Waals surface area (Å²) in [5, 5.41) is 9.98. The lowest BCUT2D eigenvalue weighted by Crippen LogP contribution is -2.07. The number of para-hydroxylation sites is 1. The van der Waals surface area contributed by atoms with Crippen molar-refractivity contribution < 1.29 is 14.6 Å². The van der Waals surface area contributed by atoms with Crippen molar-refractivity contribution >= 4 is 16.9 Å². The van der Waals surface area contributed by atoms with Crippen molar-refractivity contribution in [2.24, 2.45) is 0 Å². The largest absolute Gasteiger partial charge is 0.477 e. The number of hydrogen-bond acceptors (Lipinski definition) is 3. The molecule has 2 aromatic rings. The molecule has 0 amide bonds. The molecule has 0 radical (unpaired) electrons. The number of benzene rings is 1. The second-order valence-electron chi connectivity index (χ2n) is 4.39. The Labute approximate surface area is 111 Å². The predicted molar refractivity (Wildman–Crippen MR) is 73.6 cm³/mol. The summed E-state index contributed by atoms with van der Waals surface area (Å²) < 4.78 is 5.46. The van der Waals surface area contributed by atoms with Gasteiger partial charge in [-0.15, -0.1) is 6.58 Å². The highest BCUT2D eigenvalue weighted by Crippen LogP contribution is 2.22. The number of carboxylic acid groups (broad SMARTS) is 1. The Bertz CT molecular complexity index is 634. The van der Waals surface area contributed by atoms with Crippen LogP contribution >= 0.6 is 0 Å². The van der Waals surface area contributed by atoms with Crippen LogP contribution in [0.15, 0.2) is 42.5 Å². The van der Waals surface area contributed by atoms with Crippen molar-refractivity contribution in [1.29, 1.82) is 0 Å². The maximum Gasteiger partial charge on any atom is 0.341 e. The molecule has 1 N–H and O–H groups in total. The molecule has 0 saturated carbocycles. The van der Waals surface area contributed by atoms with Crippen LogP contribution < -0.4 is 4.74 Å². The standard InChI is InChI=1S/C15H15NO3/c1-10(2)7-8-19-14-12(15(17)18)9-11-5-3-4-6-13(11)16-14/h3-6,9H,1,7-8H2,2H3,(H,17,18). The maximum atomic E-state index is 11.2. The van der Waals surface area contributed by atoms with Gasteiger partial charge < -0.3 is 9.84 Å². The van der Waals surface area contributed by atoms with Gasteiger partial charge in [-0.1, -0.05) is 23.8 Å². The third kappa shape index (κ3) is 3.10. The second-order valence-corrected chi connectivity index (χ2v) is 4.39. The molecule has 1 aromatic carbocycles. The van der Waals surface area contributed by atoms with E-state index in [2.05, 4.69) is 11.6 Å². The van der Waals surface area contributed by atoms with Crippen LogP contribution in [0, 0.1) is 0 Å². The van der Waals surface area contributed by atoms with Crippen LogP contribution in [-0.4, -0.2) is 22.7 Å². The number of aromatic nitrogens is 1. The molecule has 0 aliphatic rings. The van der Waals surface area contributed by atoms with Crippen LogP contribution in [0.1, 0.15) is 23.7 Å². The molecule has 19 heavy (non-hydrogen) atoms. The summed E-state index contributed by atoms with van der Waals surface area (Å²) in [6.07, 6.45) is 0.674. The molecule has 0 saturated heterocycles. The summed E-state index contributed by atoms with van der Waals surface area (Å²) in [5.41, 5.74) is 1.79. The Balaban J connectivity index is 2.36. The molecule has 4 heteroatoms. The van der Waals surface area contributed by atoms with Crippen LogP contribution in [-0.2, 0) is 0 Å². The Hall–Kier alpha value is -2.36. The molecule has 0 fully saturated rings. The lowest BCUT2D eigenvalue weighted by molar-refractivity contribution is 0.0691. The first-order valence-corrected chi connectivity index (χ1v) is 5.98. The van der Waals surface area contributed by atoms with Crippen molar-refractivity contribution in [1.82, 2.24) is 4.98 Å². The van der Waals surface area contributed by atoms with Crippen LogP contribution in [0.4, 0.5) is 0 Å². The molecule has 1 aromatic heterocycles. The topological polar surface area (TPSA) is 59.4 Å². The van der Waals surface area contributed by atoms with E-state index in [9.17, 15) is 9.90 Å². The number of nitrogens with zero attached hydrogens (tertiary/aromatic N) is 1. The SMILES string of the molecule is C=C(C)CCOc1nc2ccccc2cc1C(=O)O. The number of rotatable bonds is 5. The van der Waals surface area contributed by atoms with Gasteiger partial charge in [0.25, 0.3) is 0 Å². The molecule has 2 rings (SSSR count). The van der Waals surface area contributed by atoms with Crippen molar-refractivity contribution in [2.75, 3.05) is 6.61 Å². The Morgan fingerprint density at radius 3 is 2.84 bits per heavy atom. The zero-order chi connectivity index (χ0) is 13.8. The van der Waals surface area contributed by atoms with Gasteiger partial charge in [-0.2, -0.15) is 0 Å². The second kappa shape index (κ2) is 5.52. The molecule has 4 nitrogen and oxygen atoms in total. The highest BCUT2D eigenvalue weighted by atomic mass is 16.5. The quantitative estimate of drug-likeness (QED) is 0.835. The molecule has 0 bridgehead atoms. The zero-order valence-electron chi connectivity index (χ0n) is 10.7. The Morgan fingerprint density at radius 2 is 2.16 bits per heavy atom. The first-order chi connectivity index (χ1) is 9.08. The molecule has 0 atom stereocenters. The minimum absolute atomic E-state index is 0.0837. The van der Waals surface area contributed by atoms with E-state index in [1.807, 2.05) is 31.2 Å². The lowest BCUT2D eigenvalue weighted by Gasteiger charge is -2.09. The Morgan fingerprint density at radius 1 is 1.42 bits per heavy atom. The summed E-state index contributed by atoms with van der Waals surface area (Å²) in [5.74, 6) is -0.879. The van der Waals surface area contributed by atoms with Crippen molar-refractivity contribution in [3.63, 3.8) is 0 Å². The van der Waals surface area contributed by atoms with E-state index in [4.69, 9.17) is 4.74 Å². The fourth-order valence-corrected chi connectivity index (χ4v) is 1.68. The van der Waals surface area contributed by atoms with Gasteiger partial charge in [-0.3, -0.25) is 0 Å². The molecule has 98 valence electrons. The van der Waals surface area contributed by atoms with Gasteiger partial charge >= 0.3 is 5.97 Å². The van der Waals surface area contributed by atoms with E-state index in [0.29, 0.717) is 13.0 Å². The van der Waals surface area contributed by atoms with Gasteiger partial charge in [-0.25, -0.2) is 9.78 Å². The number of ether oxygens (including phenoxy) is 1. The lowest BCUT2D eigenvalue weighted by atomic mass is 10.1. The molecular weight excluding hydrogens is 242 g/mol. The normalized spacial score (nSPS) is 10.4. The van der Waals surface area contributed by atoms with Crippen LogP contribution in [0.5, 0.6) is 5.88 Å². The van der Waals surface area contributed by atoms with Crippen molar-refractivity contribution in [2.45, 2.75) is 13.3 Å². The van der Waals surface area contributed by atoms with E-state index >= 15 is 0 Å². The van der Waals surface area contributed by atoms with E-state index in [1.54, 1.807) is 6.07 Å². The maximum absolute atomic E-state index is 11.2. The average Bonchev–Trinajstić information content (AvgIpc) is 2.37. The van der Waals surface area contributed by atoms with Crippen molar-refractivity contribution in [3.8, 4) is 5.88 Å². The van der Waals surface area contributed by atoms with Gasteiger partial charge in [0.15, 0.2) is 0 Å². The summed E-state index contributed by atoms with van der Waals surface area (Å²) in [4.78, 5) is 15.5. The summed E-state index contributed by atoms with van der Waals surface area (Å²) in [6.45, 7) is 6.05. The van der Waals surface area contributed by atoms with Gasteiger partial charge in [0.2, 0.25) is 5.88 Å².